The van der Waals surface area contributed by atoms with Crippen LogP contribution in [0.2, 0.25) is 0 Å². The SMILES string of the molecule is CCC(C)NCC(=O)N(CCC#N)c1ccccc1. The fraction of sp³-hybridized carbons (Fsp3) is 0.467. The Bertz CT molecular complexity index is 425. The predicted molar refractivity (Wildman–Crippen MR) is 76.8 cm³/mol. The fourth-order valence-corrected chi connectivity index (χ4v) is 1.67. The molecule has 1 amide bonds. The molecular formula is C15H21N3O. The molecule has 0 heterocycles. The average Bonchev–Trinajstić information content (AvgIpc) is 2.46. The number of nitrogens with one attached hydrogen (secondary N) is 1. The van der Waals surface area contributed by atoms with Crippen LogP contribution >= 0.6 is 0 Å². The van der Waals surface area contributed by atoms with Crippen molar-refractivity contribution in [2.75, 3.05) is 18.0 Å². The van der Waals surface area contributed by atoms with Gasteiger partial charge in [0.25, 0.3) is 0 Å². The van der Waals surface area contributed by atoms with Gasteiger partial charge in [0.1, 0.15) is 0 Å². The van der Waals surface area contributed by atoms with Gasteiger partial charge < -0.3 is 10.2 Å². The monoisotopic (exact) mass is 259 g/mol. The number of anilines is 1. The van der Waals surface area contributed by atoms with Gasteiger partial charge in [-0.15, -0.1) is 0 Å². The third-order valence-corrected chi connectivity index (χ3v) is 3.03. The van der Waals surface area contributed by atoms with Crippen LogP contribution in [0, 0.1) is 11.3 Å². The molecule has 19 heavy (non-hydrogen) atoms. The highest BCUT2D eigenvalue weighted by atomic mass is 16.2. The number of hydrogen-bond donors (Lipinski definition) is 1. The maximum atomic E-state index is 12.2. The van der Waals surface area contributed by atoms with Crippen molar-refractivity contribution in [3.8, 4) is 6.07 Å². The lowest BCUT2D eigenvalue weighted by atomic mass is 10.2. The summed E-state index contributed by atoms with van der Waals surface area (Å²) in [6.45, 7) is 4.86. The summed E-state index contributed by atoms with van der Waals surface area (Å²) in [6.07, 6.45) is 1.32. The summed E-state index contributed by atoms with van der Waals surface area (Å²) in [5.41, 5.74) is 0.841. The lowest BCUT2D eigenvalue weighted by Gasteiger charge is -2.23. The van der Waals surface area contributed by atoms with Crippen LogP contribution < -0.4 is 10.2 Å². The second-order valence-corrected chi connectivity index (χ2v) is 4.48. The van der Waals surface area contributed by atoms with E-state index in [-0.39, 0.29) is 5.91 Å². The van der Waals surface area contributed by atoms with Gasteiger partial charge in [-0.3, -0.25) is 4.79 Å². The zero-order valence-corrected chi connectivity index (χ0v) is 11.6. The molecule has 0 aromatic heterocycles. The van der Waals surface area contributed by atoms with Crippen molar-refractivity contribution in [2.45, 2.75) is 32.7 Å². The topological polar surface area (TPSA) is 56.1 Å². The van der Waals surface area contributed by atoms with Gasteiger partial charge in [-0.25, -0.2) is 0 Å². The molecule has 0 aliphatic heterocycles. The highest BCUT2D eigenvalue weighted by molar-refractivity contribution is 5.94. The molecule has 0 radical (unpaired) electrons. The van der Waals surface area contributed by atoms with Crippen LogP contribution in [-0.4, -0.2) is 25.0 Å². The minimum atomic E-state index is 0.00162. The van der Waals surface area contributed by atoms with E-state index in [0.717, 1.165) is 12.1 Å². The largest absolute Gasteiger partial charge is 0.310 e. The van der Waals surface area contributed by atoms with Crippen LogP contribution in [-0.2, 0) is 4.79 Å². The number of carbonyl (C=O) groups is 1. The molecule has 1 rings (SSSR count). The second kappa shape index (κ2) is 8.28. The summed E-state index contributed by atoms with van der Waals surface area (Å²) in [7, 11) is 0. The van der Waals surface area contributed by atoms with Crippen molar-refractivity contribution < 1.29 is 4.79 Å². The minimum Gasteiger partial charge on any atom is -0.310 e. The molecule has 4 heteroatoms. The second-order valence-electron chi connectivity index (χ2n) is 4.48. The number of amides is 1. The Balaban J connectivity index is 2.69. The Morgan fingerprint density at radius 2 is 2.11 bits per heavy atom. The summed E-state index contributed by atoms with van der Waals surface area (Å²) in [4.78, 5) is 13.9. The van der Waals surface area contributed by atoms with Gasteiger partial charge in [0.2, 0.25) is 5.91 Å². The Morgan fingerprint density at radius 3 is 2.68 bits per heavy atom. The molecule has 0 aliphatic rings. The van der Waals surface area contributed by atoms with Crippen molar-refractivity contribution in [3.63, 3.8) is 0 Å². The van der Waals surface area contributed by atoms with Crippen molar-refractivity contribution in [1.82, 2.24) is 5.32 Å². The van der Waals surface area contributed by atoms with E-state index in [9.17, 15) is 4.79 Å². The number of hydrogen-bond acceptors (Lipinski definition) is 3. The first kappa shape index (κ1) is 15.2. The van der Waals surface area contributed by atoms with Gasteiger partial charge in [-0.1, -0.05) is 25.1 Å². The van der Waals surface area contributed by atoms with Crippen molar-refractivity contribution >= 4 is 11.6 Å². The lowest BCUT2D eigenvalue weighted by molar-refractivity contribution is -0.117. The van der Waals surface area contributed by atoms with Gasteiger partial charge >= 0.3 is 0 Å². The molecule has 0 bridgehead atoms. The van der Waals surface area contributed by atoms with Crippen molar-refractivity contribution in [1.29, 1.82) is 5.26 Å². The summed E-state index contributed by atoms with van der Waals surface area (Å²) in [6, 6.07) is 11.9. The van der Waals surface area contributed by atoms with E-state index in [1.165, 1.54) is 0 Å². The molecule has 0 fully saturated rings. The smallest absolute Gasteiger partial charge is 0.240 e. The zero-order valence-electron chi connectivity index (χ0n) is 11.6. The minimum absolute atomic E-state index is 0.00162. The van der Waals surface area contributed by atoms with Crippen LogP contribution in [0.4, 0.5) is 5.69 Å². The van der Waals surface area contributed by atoms with Gasteiger partial charge in [0.15, 0.2) is 0 Å². The first-order valence-electron chi connectivity index (χ1n) is 6.64. The molecule has 1 atom stereocenters. The number of rotatable bonds is 7. The third kappa shape index (κ3) is 5.11. The summed E-state index contributed by atoms with van der Waals surface area (Å²) < 4.78 is 0. The van der Waals surface area contributed by atoms with Crippen molar-refractivity contribution in [2.24, 2.45) is 0 Å². The van der Waals surface area contributed by atoms with Crippen LogP contribution in [0.25, 0.3) is 0 Å². The summed E-state index contributed by atoms with van der Waals surface area (Å²) in [5.74, 6) is 0.00162. The highest BCUT2D eigenvalue weighted by Crippen LogP contribution is 2.13. The molecule has 102 valence electrons. The van der Waals surface area contributed by atoms with Crippen LogP contribution in [0.5, 0.6) is 0 Å². The third-order valence-electron chi connectivity index (χ3n) is 3.03. The van der Waals surface area contributed by atoms with E-state index in [2.05, 4.69) is 25.2 Å². The van der Waals surface area contributed by atoms with E-state index in [1.54, 1.807) is 4.90 Å². The quantitative estimate of drug-likeness (QED) is 0.817. The number of nitriles is 1. The normalized spacial score (nSPS) is 11.6. The maximum Gasteiger partial charge on any atom is 0.240 e. The molecule has 1 aromatic rings. The van der Waals surface area contributed by atoms with E-state index in [0.29, 0.717) is 25.6 Å². The maximum absolute atomic E-state index is 12.2. The number of para-hydroxylation sites is 1. The molecule has 0 aliphatic carbocycles. The van der Waals surface area contributed by atoms with Gasteiger partial charge in [0.05, 0.1) is 19.0 Å². The van der Waals surface area contributed by atoms with E-state index >= 15 is 0 Å². The summed E-state index contributed by atoms with van der Waals surface area (Å²) >= 11 is 0. The molecule has 0 saturated carbocycles. The zero-order chi connectivity index (χ0) is 14.1. The number of benzene rings is 1. The molecule has 0 spiro atoms. The molecule has 0 saturated heterocycles. The summed E-state index contributed by atoms with van der Waals surface area (Å²) in [5, 5.41) is 11.9. The lowest BCUT2D eigenvalue weighted by Crippen LogP contribution is -2.41. The van der Waals surface area contributed by atoms with Crippen LogP contribution in [0.3, 0.4) is 0 Å². The molecular weight excluding hydrogens is 238 g/mol. The Morgan fingerprint density at radius 1 is 1.42 bits per heavy atom. The van der Waals surface area contributed by atoms with E-state index in [4.69, 9.17) is 5.26 Å². The van der Waals surface area contributed by atoms with Crippen LogP contribution in [0.15, 0.2) is 30.3 Å². The standard InChI is InChI=1S/C15H21N3O/c1-3-13(2)17-12-15(19)18(11-7-10-16)14-8-5-4-6-9-14/h4-6,8-9,13,17H,3,7,11-12H2,1-2H3. The van der Waals surface area contributed by atoms with E-state index in [1.807, 2.05) is 30.3 Å². The first-order valence-corrected chi connectivity index (χ1v) is 6.64. The number of nitrogens with zero attached hydrogens (tertiary/aromatic N) is 2. The Kier molecular flexibility index (Phi) is 6.62. The van der Waals surface area contributed by atoms with E-state index < -0.39 is 0 Å². The molecule has 1 unspecified atom stereocenters. The average molecular weight is 259 g/mol. The van der Waals surface area contributed by atoms with Gasteiger partial charge in [-0.2, -0.15) is 5.26 Å². The Labute approximate surface area is 115 Å². The molecule has 1 aromatic carbocycles. The van der Waals surface area contributed by atoms with Crippen molar-refractivity contribution in [3.05, 3.63) is 30.3 Å². The van der Waals surface area contributed by atoms with Gasteiger partial charge in [0, 0.05) is 18.3 Å². The predicted octanol–water partition coefficient (Wildman–Crippen LogP) is 2.32. The number of carbonyl (C=O) groups excluding carboxylic acids is 1. The first-order chi connectivity index (χ1) is 9.19. The Hall–Kier alpha value is -1.86. The fourth-order valence-electron chi connectivity index (χ4n) is 1.67. The molecule has 1 N–H and O–H groups in total. The highest BCUT2D eigenvalue weighted by Gasteiger charge is 2.15. The van der Waals surface area contributed by atoms with Gasteiger partial charge in [-0.05, 0) is 25.5 Å². The molecule has 4 nitrogen and oxygen atoms in total. The van der Waals surface area contributed by atoms with Crippen LogP contribution in [0.1, 0.15) is 26.7 Å².